The molecule has 0 aliphatic rings. The second kappa shape index (κ2) is 6.72. The van der Waals surface area contributed by atoms with Crippen molar-refractivity contribution in [2.45, 2.75) is 11.4 Å². The zero-order valence-electron chi connectivity index (χ0n) is 9.74. The normalized spacial score (nSPS) is 11.8. The van der Waals surface area contributed by atoms with Gasteiger partial charge in [-0.2, -0.15) is 11.8 Å². The predicted molar refractivity (Wildman–Crippen MR) is 72.9 cm³/mol. The van der Waals surface area contributed by atoms with Gasteiger partial charge >= 0.3 is 0 Å². The molecule has 0 amide bonds. The summed E-state index contributed by atoms with van der Waals surface area (Å²) in [5.74, 6) is -0.149. The monoisotopic (exact) mass is 312 g/mol. The van der Waals surface area contributed by atoms with Crippen LogP contribution in [-0.4, -0.2) is 27.0 Å². The number of sulfonamides is 1. The Balaban J connectivity index is 3.05. The summed E-state index contributed by atoms with van der Waals surface area (Å²) in [6, 6.07) is 2.18. The van der Waals surface area contributed by atoms with Crippen LogP contribution in [0.2, 0.25) is 5.02 Å². The van der Waals surface area contributed by atoms with Gasteiger partial charge in [0.1, 0.15) is 5.82 Å². The summed E-state index contributed by atoms with van der Waals surface area (Å²) in [5, 5.41) is -0.138. The van der Waals surface area contributed by atoms with E-state index in [9.17, 15) is 12.8 Å². The molecule has 0 spiro atoms. The average Bonchev–Trinajstić information content (AvgIpc) is 2.32. The SMILES string of the molecule is CSCCNS(=O)(=O)c1cc(F)c(Cl)c(CN)c1. The van der Waals surface area contributed by atoms with E-state index in [0.29, 0.717) is 5.75 Å². The molecule has 1 rings (SSSR count). The van der Waals surface area contributed by atoms with E-state index in [4.69, 9.17) is 17.3 Å². The molecule has 4 nitrogen and oxygen atoms in total. The van der Waals surface area contributed by atoms with E-state index in [1.54, 1.807) is 0 Å². The molecule has 18 heavy (non-hydrogen) atoms. The molecule has 0 heterocycles. The molecule has 0 aliphatic carbocycles. The molecule has 0 saturated heterocycles. The molecule has 3 N–H and O–H groups in total. The number of benzene rings is 1. The number of hydrogen-bond donors (Lipinski definition) is 2. The first-order valence-electron chi connectivity index (χ1n) is 5.09. The highest BCUT2D eigenvalue weighted by Gasteiger charge is 2.18. The summed E-state index contributed by atoms with van der Waals surface area (Å²) in [4.78, 5) is -0.161. The molecular weight excluding hydrogens is 299 g/mol. The van der Waals surface area contributed by atoms with E-state index in [1.807, 2.05) is 6.26 Å². The van der Waals surface area contributed by atoms with Gasteiger partial charge in [0.25, 0.3) is 0 Å². The Morgan fingerprint density at radius 3 is 2.72 bits per heavy atom. The molecule has 8 heteroatoms. The number of nitrogens with one attached hydrogen (secondary N) is 1. The minimum atomic E-state index is -3.72. The lowest BCUT2D eigenvalue weighted by molar-refractivity contribution is 0.579. The number of nitrogens with two attached hydrogens (primary N) is 1. The van der Waals surface area contributed by atoms with E-state index in [1.165, 1.54) is 17.8 Å². The van der Waals surface area contributed by atoms with E-state index < -0.39 is 15.8 Å². The zero-order chi connectivity index (χ0) is 13.8. The smallest absolute Gasteiger partial charge is 0.240 e. The van der Waals surface area contributed by atoms with Crippen LogP contribution in [-0.2, 0) is 16.6 Å². The fourth-order valence-electron chi connectivity index (χ4n) is 1.28. The van der Waals surface area contributed by atoms with E-state index in [0.717, 1.165) is 6.07 Å². The Kier molecular flexibility index (Phi) is 5.87. The van der Waals surface area contributed by atoms with Gasteiger partial charge in [-0.05, 0) is 24.0 Å². The summed E-state index contributed by atoms with van der Waals surface area (Å²) in [6.45, 7) is 0.260. The second-order valence-corrected chi connectivity index (χ2v) is 6.60. The van der Waals surface area contributed by atoms with Crippen molar-refractivity contribution in [2.24, 2.45) is 5.73 Å². The van der Waals surface area contributed by atoms with Crippen molar-refractivity contribution < 1.29 is 12.8 Å². The Morgan fingerprint density at radius 1 is 1.50 bits per heavy atom. The van der Waals surface area contributed by atoms with Gasteiger partial charge in [0.05, 0.1) is 9.92 Å². The average molecular weight is 313 g/mol. The van der Waals surface area contributed by atoms with Crippen LogP contribution in [0.5, 0.6) is 0 Å². The Hall–Kier alpha value is -0.340. The lowest BCUT2D eigenvalue weighted by atomic mass is 10.2. The topological polar surface area (TPSA) is 72.2 Å². The van der Waals surface area contributed by atoms with E-state index in [-0.39, 0.29) is 28.6 Å². The summed E-state index contributed by atoms with van der Waals surface area (Å²) in [6.07, 6.45) is 1.86. The lowest BCUT2D eigenvalue weighted by Gasteiger charge is -2.09. The lowest BCUT2D eigenvalue weighted by Crippen LogP contribution is -2.26. The van der Waals surface area contributed by atoms with Gasteiger partial charge in [0.15, 0.2) is 0 Å². The first-order chi connectivity index (χ1) is 8.42. The molecule has 0 aromatic heterocycles. The fourth-order valence-corrected chi connectivity index (χ4v) is 3.00. The van der Waals surface area contributed by atoms with Crippen LogP contribution in [0.3, 0.4) is 0 Å². The van der Waals surface area contributed by atoms with Crippen LogP contribution in [0.4, 0.5) is 4.39 Å². The third-order valence-electron chi connectivity index (χ3n) is 2.21. The van der Waals surface area contributed by atoms with Crippen LogP contribution in [0.25, 0.3) is 0 Å². The van der Waals surface area contributed by atoms with Crippen molar-refractivity contribution in [3.05, 3.63) is 28.5 Å². The second-order valence-electron chi connectivity index (χ2n) is 3.47. The largest absolute Gasteiger partial charge is 0.326 e. The fraction of sp³-hybridized carbons (Fsp3) is 0.400. The molecule has 0 saturated carbocycles. The maximum Gasteiger partial charge on any atom is 0.240 e. The highest BCUT2D eigenvalue weighted by Crippen LogP contribution is 2.24. The van der Waals surface area contributed by atoms with Gasteiger partial charge in [0.2, 0.25) is 10.0 Å². The minimum absolute atomic E-state index is 0.0239. The number of rotatable bonds is 6. The minimum Gasteiger partial charge on any atom is -0.326 e. The molecule has 0 unspecified atom stereocenters. The van der Waals surface area contributed by atoms with Crippen LogP contribution >= 0.6 is 23.4 Å². The summed E-state index contributed by atoms with van der Waals surface area (Å²) in [5.41, 5.74) is 5.65. The van der Waals surface area contributed by atoms with Crippen LogP contribution in [0, 0.1) is 5.82 Å². The van der Waals surface area contributed by atoms with Crippen molar-refractivity contribution >= 4 is 33.4 Å². The third-order valence-corrected chi connectivity index (χ3v) is 4.68. The van der Waals surface area contributed by atoms with Crippen molar-refractivity contribution in [3.8, 4) is 0 Å². The first kappa shape index (κ1) is 15.7. The standard InChI is InChI=1S/C10H14ClFN2O2S2/c1-17-3-2-14-18(15,16)8-4-7(6-13)10(11)9(12)5-8/h4-5,14H,2-3,6,13H2,1H3. The number of hydrogen-bond acceptors (Lipinski definition) is 4. The van der Waals surface area contributed by atoms with Crippen LogP contribution in [0.1, 0.15) is 5.56 Å². The van der Waals surface area contributed by atoms with Crippen molar-refractivity contribution in [2.75, 3.05) is 18.6 Å². The molecule has 0 aliphatic heterocycles. The van der Waals surface area contributed by atoms with Gasteiger partial charge in [-0.3, -0.25) is 0 Å². The molecule has 0 atom stereocenters. The van der Waals surface area contributed by atoms with Crippen LogP contribution < -0.4 is 10.5 Å². The van der Waals surface area contributed by atoms with Crippen molar-refractivity contribution in [1.29, 1.82) is 0 Å². The van der Waals surface area contributed by atoms with Gasteiger partial charge in [0, 0.05) is 18.8 Å². The van der Waals surface area contributed by atoms with Gasteiger partial charge in [-0.1, -0.05) is 11.6 Å². The quantitative estimate of drug-likeness (QED) is 0.782. The summed E-state index contributed by atoms with van der Waals surface area (Å²) < 4.78 is 39.6. The highest BCUT2D eigenvalue weighted by molar-refractivity contribution is 7.98. The Labute approximate surface area is 115 Å². The van der Waals surface area contributed by atoms with Gasteiger partial charge in [-0.15, -0.1) is 0 Å². The maximum absolute atomic E-state index is 13.5. The summed E-state index contributed by atoms with van der Waals surface area (Å²) >= 11 is 7.18. The third kappa shape index (κ3) is 3.83. The van der Waals surface area contributed by atoms with Gasteiger partial charge < -0.3 is 5.73 Å². The first-order valence-corrected chi connectivity index (χ1v) is 8.34. The molecule has 0 bridgehead atoms. The van der Waals surface area contributed by atoms with E-state index in [2.05, 4.69) is 4.72 Å². The van der Waals surface area contributed by atoms with E-state index >= 15 is 0 Å². The van der Waals surface area contributed by atoms with Crippen molar-refractivity contribution in [1.82, 2.24) is 4.72 Å². The van der Waals surface area contributed by atoms with Crippen LogP contribution in [0.15, 0.2) is 17.0 Å². The number of thioether (sulfide) groups is 1. The van der Waals surface area contributed by atoms with Crippen molar-refractivity contribution in [3.63, 3.8) is 0 Å². The molecule has 0 fully saturated rings. The zero-order valence-corrected chi connectivity index (χ0v) is 12.1. The molecule has 1 aromatic rings. The maximum atomic E-state index is 13.5. The Morgan fingerprint density at radius 2 is 2.17 bits per heavy atom. The molecular formula is C10H14ClFN2O2S2. The molecule has 102 valence electrons. The van der Waals surface area contributed by atoms with Gasteiger partial charge in [-0.25, -0.2) is 17.5 Å². The summed E-state index contributed by atoms with van der Waals surface area (Å²) in [7, 11) is -3.72. The molecule has 0 radical (unpaired) electrons. The predicted octanol–water partition coefficient (Wildman–Crippen LogP) is 1.58. The molecule has 1 aromatic carbocycles. The highest BCUT2D eigenvalue weighted by atomic mass is 35.5. The number of halogens is 2. The Bertz CT molecular complexity index is 523.